The van der Waals surface area contributed by atoms with E-state index in [-0.39, 0.29) is 17.7 Å². The molecule has 1 N–H and O–H groups in total. The highest BCUT2D eigenvalue weighted by Gasteiger charge is 2.27. The summed E-state index contributed by atoms with van der Waals surface area (Å²) in [6, 6.07) is 1.72. The summed E-state index contributed by atoms with van der Waals surface area (Å²) in [6.45, 7) is 4.03. The molecule has 1 unspecified atom stereocenters. The summed E-state index contributed by atoms with van der Waals surface area (Å²) >= 11 is 0. The maximum absolute atomic E-state index is 12.1. The van der Waals surface area contributed by atoms with Gasteiger partial charge >= 0.3 is 0 Å². The van der Waals surface area contributed by atoms with Gasteiger partial charge in [0.2, 0.25) is 5.91 Å². The number of aromatic nitrogens is 2. The lowest BCUT2D eigenvalue weighted by Gasteiger charge is -2.12. The Kier molecular flexibility index (Phi) is 4.19. The van der Waals surface area contributed by atoms with E-state index in [1.54, 1.807) is 28.9 Å². The van der Waals surface area contributed by atoms with E-state index in [0.29, 0.717) is 25.2 Å². The van der Waals surface area contributed by atoms with Crippen molar-refractivity contribution >= 4 is 11.8 Å². The van der Waals surface area contributed by atoms with E-state index in [0.717, 1.165) is 13.0 Å². The molecule has 1 aliphatic heterocycles. The van der Waals surface area contributed by atoms with Gasteiger partial charge in [-0.25, -0.2) is 0 Å². The predicted molar refractivity (Wildman–Crippen MR) is 70.6 cm³/mol. The third-order valence-corrected chi connectivity index (χ3v) is 3.36. The summed E-state index contributed by atoms with van der Waals surface area (Å²) in [5.41, 5.74) is 0.583. The number of carbonyl (C=O) groups excluding carboxylic acids is 2. The van der Waals surface area contributed by atoms with Crippen LogP contribution in [0.2, 0.25) is 0 Å². The normalized spacial score (nSPS) is 18.9. The third-order valence-electron chi connectivity index (χ3n) is 3.36. The number of carbonyl (C=O) groups is 2. The summed E-state index contributed by atoms with van der Waals surface area (Å²) in [4.78, 5) is 25.2. The van der Waals surface area contributed by atoms with Crippen LogP contribution in [-0.2, 0) is 11.3 Å². The molecule has 1 aromatic rings. The van der Waals surface area contributed by atoms with Gasteiger partial charge in [-0.05, 0) is 12.5 Å². The van der Waals surface area contributed by atoms with Gasteiger partial charge < -0.3 is 10.2 Å². The van der Waals surface area contributed by atoms with Crippen LogP contribution >= 0.6 is 0 Å². The van der Waals surface area contributed by atoms with Gasteiger partial charge in [0.05, 0.1) is 0 Å². The number of amides is 2. The molecule has 6 nitrogen and oxygen atoms in total. The quantitative estimate of drug-likeness (QED) is 0.842. The van der Waals surface area contributed by atoms with Gasteiger partial charge in [-0.2, -0.15) is 5.10 Å². The first-order chi connectivity index (χ1) is 9.11. The summed E-state index contributed by atoms with van der Waals surface area (Å²) in [5, 5.41) is 7.01. The van der Waals surface area contributed by atoms with Crippen LogP contribution in [-0.4, -0.2) is 46.6 Å². The van der Waals surface area contributed by atoms with Crippen molar-refractivity contribution in [1.82, 2.24) is 20.0 Å². The van der Waals surface area contributed by atoms with Crippen LogP contribution in [0.3, 0.4) is 0 Å². The molecule has 6 heteroatoms. The Morgan fingerprint density at radius 1 is 1.58 bits per heavy atom. The van der Waals surface area contributed by atoms with Crippen LogP contribution in [0.25, 0.3) is 0 Å². The van der Waals surface area contributed by atoms with Gasteiger partial charge in [0.15, 0.2) is 0 Å². The highest BCUT2D eigenvalue weighted by Crippen LogP contribution is 2.14. The number of nitrogens with one attached hydrogen (secondary N) is 1. The van der Waals surface area contributed by atoms with Crippen LogP contribution in [0.15, 0.2) is 12.3 Å². The number of nitrogens with zero attached hydrogens (tertiary/aromatic N) is 3. The lowest BCUT2D eigenvalue weighted by Crippen LogP contribution is -2.32. The highest BCUT2D eigenvalue weighted by molar-refractivity contribution is 5.92. The molecule has 0 radical (unpaired) electrons. The van der Waals surface area contributed by atoms with E-state index in [4.69, 9.17) is 0 Å². The second-order valence-corrected chi connectivity index (χ2v) is 4.99. The van der Waals surface area contributed by atoms with E-state index in [9.17, 15) is 9.59 Å². The smallest absolute Gasteiger partial charge is 0.269 e. The molecule has 2 amide bonds. The number of hydrogen-bond donors (Lipinski definition) is 1. The zero-order valence-electron chi connectivity index (χ0n) is 11.4. The van der Waals surface area contributed by atoms with Gasteiger partial charge in [-0.1, -0.05) is 6.92 Å². The van der Waals surface area contributed by atoms with Crippen molar-refractivity contribution in [3.05, 3.63) is 18.0 Å². The highest BCUT2D eigenvalue weighted by atomic mass is 16.2. The lowest BCUT2D eigenvalue weighted by atomic mass is 10.1. The van der Waals surface area contributed by atoms with Crippen molar-refractivity contribution in [2.45, 2.75) is 26.3 Å². The Bertz CT molecular complexity index is 469. The van der Waals surface area contributed by atoms with Crippen molar-refractivity contribution in [2.75, 3.05) is 20.1 Å². The van der Waals surface area contributed by atoms with E-state index < -0.39 is 0 Å². The fraction of sp³-hybridized carbons (Fsp3) is 0.615. The largest absolute Gasteiger partial charge is 0.350 e. The maximum atomic E-state index is 12.1. The summed E-state index contributed by atoms with van der Waals surface area (Å²) in [6.07, 6.45) is 3.09. The first-order valence-corrected chi connectivity index (χ1v) is 6.65. The van der Waals surface area contributed by atoms with Crippen LogP contribution in [0.1, 0.15) is 30.3 Å². The monoisotopic (exact) mass is 264 g/mol. The third kappa shape index (κ3) is 3.13. The fourth-order valence-electron chi connectivity index (χ4n) is 2.34. The van der Waals surface area contributed by atoms with Gasteiger partial charge in [-0.3, -0.25) is 14.3 Å². The summed E-state index contributed by atoms with van der Waals surface area (Å²) in [5.74, 6) is 0.243. The molecule has 0 spiro atoms. The van der Waals surface area contributed by atoms with Crippen molar-refractivity contribution in [3.8, 4) is 0 Å². The first-order valence-electron chi connectivity index (χ1n) is 6.65. The Hall–Kier alpha value is -1.85. The molecule has 0 aliphatic carbocycles. The van der Waals surface area contributed by atoms with Gasteiger partial charge in [0.1, 0.15) is 5.69 Å². The van der Waals surface area contributed by atoms with Crippen LogP contribution < -0.4 is 5.32 Å². The molecule has 1 fully saturated rings. The van der Waals surface area contributed by atoms with Gasteiger partial charge in [-0.15, -0.1) is 0 Å². The van der Waals surface area contributed by atoms with Gasteiger partial charge in [0, 0.05) is 45.2 Å². The second-order valence-electron chi connectivity index (χ2n) is 4.99. The first kappa shape index (κ1) is 13.6. The maximum Gasteiger partial charge on any atom is 0.269 e. The molecule has 0 aromatic carbocycles. The SMILES string of the molecule is CCCn1nccc1C(=O)NCC1CC(=O)N(C)C1. The molecule has 1 saturated heterocycles. The molecular formula is C13H20N4O2. The topological polar surface area (TPSA) is 67.2 Å². The molecule has 2 heterocycles. The minimum absolute atomic E-state index is 0.118. The molecule has 1 aromatic heterocycles. The molecule has 19 heavy (non-hydrogen) atoms. The minimum Gasteiger partial charge on any atom is -0.350 e. The Morgan fingerprint density at radius 3 is 3.00 bits per heavy atom. The van der Waals surface area contributed by atoms with E-state index in [1.807, 2.05) is 6.92 Å². The average molecular weight is 264 g/mol. The molecule has 0 bridgehead atoms. The van der Waals surface area contributed by atoms with Crippen molar-refractivity contribution in [3.63, 3.8) is 0 Å². The molecule has 0 saturated carbocycles. The van der Waals surface area contributed by atoms with Crippen LogP contribution in [0.5, 0.6) is 0 Å². The second kappa shape index (κ2) is 5.86. The molecule has 1 atom stereocenters. The van der Waals surface area contributed by atoms with E-state index in [2.05, 4.69) is 10.4 Å². The van der Waals surface area contributed by atoms with E-state index >= 15 is 0 Å². The number of aryl methyl sites for hydroxylation is 1. The van der Waals surface area contributed by atoms with Gasteiger partial charge in [0.25, 0.3) is 5.91 Å². The number of hydrogen-bond acceptors (Lipinski definition) is 3. The predicted octanol–water partition coefficient (Wildman–Crippen LogP) is 0.501. The summed E-state index contributed by atoms with van der Waals surface area (Å²) in [7, 11) is 1.79. The van der Waals surface area contributed by atoms with Crippen molar-refractivity contribution < 1.29 is 9.59 Å². The van der Waals surface area contributed by atoms with Crippen LogP contribution in [0.4, 0.5) is 0 Å². The summed E-state index contributed by atoms with van der Waals surface area (Å²) < 4.78 is 1.71. The average Bonchev–Trinajstić information content (AvgIpc) is 2.95. The van der Waals surface area contributed by atoms with Crippen molar-refractivity contribution in [1.29, 1.82) is 0 Å². The standard InChI is InChI=1S/C13H20N4O2/c1-3-6-17-11(4-5-15-17)13(19)14-8-10-7-12(18)16(2)9-10/h4-5,10H,3,6-9H2,1-2H3,(H,14,19). The Morgan fingerprint density at radius 2 is 2.37 bits per heavy atom. The molecular weight excluding hydrogens is 244 g/mol. The Labute approximate surface area is 112 Å². The Balaban J connectivity index is 1.87. The zero-order valence-corrected chi connectivity index (χ0v) is 11.4. The lowest BCUT2D eigenvalue weighted by molar-refractivity contribution is -0.126. The molecule has 2 rings (SSSR count). The number of rotatable bonds is 5. The fourth-order valence-corrected chi connectivity index (χ4v) is 2.34. The van der Waals surface area contributed by atoms with Crippen molar-refractivity contribution in [2.24, 2.45) is 5.92 Å². The molecule has 104 valence electrons. The van der Waals surface area contributed by atoms with Crippen LogP contribution in [0, 0.1) is 5.92 Å². The molecule has 1 aliphatic rings. The zero-order chi connectivity index (χ0) is 13.8. The number of likely N-dealkylation sites (tertiary alicyclic amines) is 1. The van der Waals surface area contributed by atoms with E-state index in [1.165, 1.54) is 0 Å². The minimum atomic E-state index is -0.118.